The highest BCUT2D eigenvalue weighted by atomic mass is 16.2. The highest BCUT2D eigenvalue weighted by Gasteiger charge is 2.19. The molecule has 1 saturated carbocycles. The van der Waals surface area contributed by atoms with E-state index in [4.69, 9.17) is 0 Å². The zero-order valence-corrected chi connectivity index (χ0v) is 17.9. The molecular formula is C23H46N2O. The number of carbonyl (C=O) groups excluding carboxylic acids is 1. The molecule has 0 aromatic rings. The van der Waals surface area contributed by atoms with Gasteiger partial charge in [-0.05, 0) is 25.7 Å². The molecule has 3 nitrogen and oxygen atoms in total. The molecule has 0 heterocycles. The van der Waals surface area contributed by atoms with Crippen LogP contribution in [0.1, 0.15) is 123 Å². The topological polar surface area (TPSA) is 32.3 Å². The van der Waals surface area contributed by atoms with Crippen molar-refractivity contribution in [2.24, 2.45) is 0 Å². The van der Waals surface area contributed by atoms with Crippen LogP contribution in [0.25, 0.3) is 0 Å². The molecule has 0 aromatic heterocycles. The molecule has 1 aliphatic carbocycles. The third kappa shape index (κ3) is 11.8. The van der Waals surface area contributed by atoms with Crippen LogP contribution in [0.5, 0.6) is 0 Å². The minimum absolute atomic E-state index is 0.207. The number of nitrogens with zero attached hydrogens (tertiary/aromatic N) is 1. The fraction of sp³-hybridized carbons (Fsp3) is 0.957. The summed E-state index contributed by atoms with van der Waals surface area (Å²) < 4.78 is 0. The van der Waals surface area contributed by atoms with Crippen molar-refractivity contribution < 1.29 is 4.79 Å². The molecule has 0 aliphatic heterocycles. The largest absolute Gasteiger partial charge is 0.335 e. The van der Waals surface area contributed by atoms with Gasteiger partial charge in [-0.3, -0.25) is 0 Å². The lowest BCUT2D eigenvalue weighted by Crippen LogP contribution is -2.46. The predicted octanol–water partition coefficient (Wildman–Crippen LogP) is 7.05. The second-order valence-electron chi connectivity index (χ2n) is 8.31. The van der Waals surface area contributed by atoms with E-state index in [1.165, 1.54) is 96.3 Å². The zero-order valence-electron chi connectivity index (χ0n) is 17.9. The van der Waals surface area contributed by atoms with Gasteiger partial charge >= 0.3 is 6.03 Å². The lowest BCUT2D eigenvalue weighted by atomic mass is 9.96. The first-order valence-electron chi connectivity index (χ1n) is 11.8. The number of amides is 2. The van der Waals surface area contributed by atoms with Crippen molar-refractivity contribution in [3.63, 3.8) is 0 Å². The van der Waals surface area contributed by atoms with E-state index in [1.807, 2.05) is 0 Å². The summed E-state index contributed by atoms with van der Waals surface area (Å²) in [6.45, 7) is 6.41. The first-order chi connectivity index (χ1) is 12.8. The summed E-state index contributed by atoms with van der Waals surface area (Å²) >= 11 is 0. The van der Waals surface area contributed by atoms with Gasteiger partial charge in [0.15, 0.2) is 0 Å². The van der Waals surface area contributed by atoms with E-state index in [9.17, 15) is 4.79 Å². The fourth-order valence-corrected chi connectivity index (χ4v) is 3.99. The first kappa shape index (κ1) is 23.3. The SMILES string of the molecule is CCCCCCCCN(CCCCCCCC)C(=O)NC1CCCCC1. The molecule has 1 rings (SSSR count). The monoisotopic (exact) mass is 366 g/mol. The van der Waals surface area contributed by atoms with E-state index in [0.717, 1.165) is 25.9 Å². The van der Waals surface area contributed by atoms with Crippen molar-refractivity contribution >= 4 is 6.03 Å². The minimum atomic E-state index is 0.207. The minimum Gasteiger partial charge on any atom is -0.335 e. The summed E-state index contributed by atoms with van der Waals surface area (Å²) in [5, 5.41) is 3.33. The third-order valence-corrected chi connectivity index (χ3v) is 5.78. The van der Waals surface area contributed by atoms with Crippen LogP contribution in [-0.4, -0.2) is 30.1 Å². The summed E-state index contributed by atoms with van der Waals surface area (Å²) in [7, 11) is 0. The quantitative estimate of drug-likeness (QED) is 0.309. The normalized spacial score (nSPS) is 15.2. The predicted molar refractivity (Wildman–Crippen MR) is 114 cm³/mol. The molecule has 2 amide bonds. The van der Waals surface area contributed by atoms with E-state index in [0.29, 0.717) is 6.04 Å². The lowest BCUT2D eigenvalue weighted by Gasteiger charge is -2.28. The van der Waals surface area contributed by atoms with E-state index in [2.05, 4.69) is 24.1 Å². The Morgan fingerprint density at radius 2 is 1.19 bits per heavy atom. The number of unbranched alkanes of at least 4 members (excludes halogenated alkanes) is 10. The summed E-state index contributed by atoms with van der Waals surface area (Å²) in [4.78, 5) is 14.9. The van der Waals surface area contributed by atoms with Crippen molar-refractivity contribution in [3.05, 3.63) is 0 Å². The number of carbonyl (C=O) groups is 1. The van der Waals surface area contributed by atoms with Gasteiger partial charge in [-0.2, -0.15) is 0 Å². The second kappa shape index (κ2) is 16.4. The number of urea groups is 1. The third-order valence-electron chi connectivity index (χ3n) is 5.78. The average Bonchev–Trinajstić information content (AvgIpc) is 2.66. The van der Waals surface area contributed by atoms with E-state index in [1.54, 1.807) is 0 Å². The summed E-state index contributed by atoms with van der Waals surface area (Å²) in [6.07, 6.45) is 21.8. The molecule has 0 radical (unpaired) electrons. The van der Waals surface area contributed by atoms with Gasteiger partial charge in [0.1, 0.15) is 0 Å². The highest BCUT2D eigenvalue weighted by Crippen LogP contribution is 2.18. The van der Waals surface area contributed by atoms with Crippen LogP contribution in [0.3, 0.4) is 0 Å². The Hall–Kier alpha value is -0.730. The van der Waals surface area contributed by atoms with Gasteiger partial charge in [0.25, 0.3) is 0 Å². The van der Waals surface area contributed by atoms with Crippen LogP contribution < -0.4 is 5.32 Å². The Morgan fingerprint density at radius 1 is 0.731 bits per heavy atom. The Bertz CT molecular complexity index is 310. The van der Waals surface area contributed by atoms with Crippen molar-refractivity contribution in [2.45, 2.75) is 129 Å². The van der Waals surface area contributed by atoms with E-state index >= 15 is 0 Å². The second-order valence-corrected chi connectivity index (χ2v) is 8.31. The standard InChI is InChI=1S/C23H46N2O/c1-3-5-7-9-11-16-20-25(21-17-12-10-8-6-4-2)23(26)24-22-18-14-13-15-19-22/h22H,3-21H2,1-2H3,(H,24,26). The Kier molecular flexibility index (Phi) is 14.7. The average molecular weight is 367 g/mol. The molecule has 1 aliphatic rings. The molecule has 0 unspecified atom stereocenters. The van der Waals surface area contributed by atoms with E-state index < -0.39 is 0 Å². The van der Waals surface area contributed by atoms with Gasteiger partial charge in [-0.25, -0.2) is 4.79 Å². The molecular weight excluding hydrogens is 320 g/mol. The van der Waals surface area contributed by atoms with Crippen molar-refractivity contribution in [3.8, 4) is 0 Å². The van der Waals surface area contributed by atoms with E-state index in [-0.39, 0.29) is 6.03 Å². The molecule has 1 fully saturated rings. The molecule has 0 atom stereocenters. The number of hydrogen-bond acceptors (Lipinski definition) is 1. The summed E-state index contributed by atoms with van der Waals surface area (Å²) in [6, 6.07) is 0.631. The van der Waals surface area contributed by atoms with Gasteiger partial charge in [0, 0.05) is 19.1 Å². The maximum Gasteiger partial charge on any atom is 0.317 e. The number of rotatable bonds is 15. The van der Waals surface area contributed by atoms with Crippen LogP contribution in [0.2, 0.25) is 0 Å². The van der Waals surface area contributed by atoms with Crippen LogP contribution in [-0.2, 0) is 0 Å². The van der Waals surface area contributed by atoms with Crippen LogP contribution in [0, 0.1) is 0 Å². The fourth-order valence-electron chi connectivity index (χ4n) is 3.99. The van der Waals surface area contributed by atoms with Crippen molar-refractivity contribution in [2.75, 3.05) is 13.1 Å². The Labute approximate surface area is 163 Å². The van der Waals surface area contributed by atoms with Crippen LogP contribution in [0.15, 0.2) is 0 Å². The van der Waals surface area contributed by atoms with Gasteiger partial charge in [-0.15, -0.1) is 0 Å². The molecule has 3 heteroatoms. The zero-order chi connectivity index (χ0) is 18.9. The number of hydrogen-bond donors (Lipinski definition) is 1. The van der Waals surface area contributed by atoms with Gasteiger partial charge in [0.2, 0.25) is 0 Å². The smallest absolute Gasteiger partial charge is 0.317 e. The lowest BCUT2D eigenvalue weighted by molar-refractivity contribution is 0.187. The molecule has 154 valence electrons. The summed E-state index contributed by atoms with van der Waals surface area (Å²) in [5.41, 5.74) is 0. The summed E-state index contributed by atoms with van der Waals surface area (Å²) in [5.74, 6) is 0. The highest BCUT2D eigenvalue weighted by molar-refractivity contribution is 5.74. The maximum atomic E-state index is 12.8. The Balaban J connectivity index is 2.29. The van der Waals surface area contributed by atoms with Gasteiger partial charge in [-0.1, -0.05) is 97.3 Å². The van der Waals surface area contributed by atoms with Gasteiger partial charge < -0.3 is 10.2 Å². The maximum absolute atomic E-state index is 12.8. The number of nitrogens with one attached hydrogen (secondary N) is 1. The molecule has 0 saturated heterocycles. The van der Waals surface area contributed by atoms with Crippen LogP contribution in [0.4, 0.5) is 4.79 Å². The van der Waals surface area contributed by atoms with Crippen molar-refractivity contribution in [1.29, 1.82) is 0 Å². The Morgan fingerprint density at radius 3 is 1.69 bits per heavy atom. The first-order valence-corrected chi connectivity index (χ1v) is 11.8. The van der Waals surface area contributed by atoms with Gasteiger partial charge in [0.05, 0.1) is 0 Å². The molecule has 0 aromatic carbocycles. The van der Waals surface area contributed by atoms with Crippen LogP contribution >= 0.6 is 0 Å². The van der Waals surface area contributed by atoms with Crippen molar-refractivity contribution in [1.82, 2.24) is 10.2 Å². The molecule has 1 N–H and O–H groups in total. The molecule has 0 bridgehead atoms. The molecule has 26 heavy (non-hydrogen) atoms. The molecule has 0 spiro atoms.